The second-order valence-corrected chi connectivity index (χ2v) is 8.65. The summed E-state index contributed by atoms with van der Waals surface area (Å²) in [5, 5.41) is 10.7. The number of piperazine rings is 1. The molecule has 1 amide bonds. The molecule has 150 valence electrons. The van der Waals surface area contributed by atoms with Gasteiger partial charge in [-0.3, -0.25) is 9.80 Å². The first-order valence-electron chi connectivity index (χ1n) is 9.98. The van der Waals surface area contributed by atoms with E-state index < -0.39 is 5.60 Å². The Morgan fingerprint density at radius 1 is 1.11 bits per heavy atom. The average molecular weight is 376 g/mol. The SMILES string of the molecule is CC(C)(C)OC(=O)N1CCN([C@H]2CCN(Cc3ccccc3)C[C@@H]2O)CC1. The van der Waals surface area contributed by atoms with Gasteiger partial charge in [-0.2, -0.15) is 0 Å². The van der Waals surface area contributed by atoms with Crippen LogP contribution < -0.4 is 0 Å². The van der Waals surface area contributed by atoms with E-state index in [0.717, 1.165) is 32.6 Å². The molecule has 0 bridgehead atoms. The first-order chi connectivity index (χ1) is 12.8. The van der Waals surface area contributed by atoms with Crippen LogP contribution in [-0.2, 0) is 11.3 Å². The fourth-order valence-corrected chi connectivity index (χ4v) is 3.96. The molecular weight excluding hydrogens is 342 g/mol. The topological polar surface area (TPSA) is 56.2 Å². The van der Waals surface area contributed by atoms with Crippen molar-refractivity contribution >= 4 is 6.09 Å². The summed E-state index contributed by atoms with van der Waals surface area (Å²) in [4.78, 5) is 18.6. The van der Waals surface area contributed by atoms with E-state index >= 15 is 0 Å². The van der Waals surface area contributed by atoms with E-state index in [-0.39, 0.29) is 18.2 Å². The highest BCUT2D eigenvalue weighted by molar-refractivity contribution is 5.68. The van der Waals surface area contributed by atoms with Crippen LogP contribution in [0.25, 0.3) is 0 Å². The van der Waals surface area contributed by atoms with Crippen LogP contribution in [-0.4, -0.2) is 82.9 Å². The third kappa shape index (κ3) is 5.67. The number of benzene rings is 1. The van der Waals surface area contributed by atoms with E-state index in [1.807, 2.05) is 26.8 Å². The van der Waals surface area contributed by atoms with E-state index in [1.165, 1.54) is 5.56 Å². The number of amides is 1. The van der Waals surface area contributed by atoms with E-state index in [1.54, 1.807) is 4.90 Å². The average Bonchev–Trinajstić information content (AvgIpc) is 2.61. The summed E-state index contributed by atoms with van der Waals surface area (Å²) < 4.78 is 5.46. The molecule has 0 aliphatic carbocycles. The molecule has 0 spiro atoms. The minimum absolute atomic E-state index is 0.179. The highest BCUT2D eigenvalue weighted by Gasteiger charge is 2.35. The molecule has 6 heteroatoms. The smallest absolute Gasteiger partial charge is 0.410 e. The number of aliphatic hydroxyl groups is 1. The number of piperidine rings is 1. The van der Waals surface area contributed by atoms with Gasteiger partial charge in [0.15, 0.2) is 0 Å². The quantitative estimate of drug-likeness (QED) is 0.878. The van der Waals surface area contributed by atoms with Crippen molar-refractivity contribution in [3.8, 4) is 0 Å². The first-order valence-corrected chi connectivity index (χ1v) is 9.98. The van der Waals surface area contributed by atoms with Gasteiger partial charge in [-0.1, -0.05) is 30.3 Å². The third-order valence-corrected chi connectivity index (χ3v) is 5.31. The molecule has 0 unspecified atom stereocenters. The number of nitrogens with zero attached hydrogens (tertiary/aromatic N) is 3. The molecule has 0 aromatic heterocycles. The van der Waals surface area contributed by atoms with Crippen molar-refractivity contribution in [2.24, 2.45) is 0 Å². The summed E-state index contributed by atoms with van der Waals surface area (Å²) >= 11 is 0. The van der Waals surface area contributed by atoms with Crippen molar-refractivity contribution in [2.75, 3.05) is 39.3 Å². The lowest BCUT2D eigenvalue weighted by Crippen LogP contribution is -2.59. The molecule has 2 fully saturated rings. The molecule has 1 N–H and O–H groups in total. The number of carbonyl (C=O) groups excluding carboxylic acids is 1. The molecule has 0 saturated carbocycles. The van der Waals surface area contributed by atoms with Gasteiger partial charge in [0.25, 0.3) is 0 Å². The van der Waals surface area contributed by atoms with Gasteiger partial charge in [0, 0.05) is 51.9 Å². The molecule has 2 atom stereocenters. The fourth-order valence-electron chi connectivity index (χ4n) is 3.96. The predicted octanol–water partition coefficient (Wildman–Crippen LogP) is 2.17. The van der Waals surface area contributed by atoms with E-state index in [4.69, 9.17) is 4.74 Å². The molecule has 27 heavy (non-hydrogen) atoms. The molecule has 2 aliphatic rings. The zero-order valence-corrected chi connectivity index (χ0v) is 16.8. The van der Waals surface area contributed by atoms with E-state index in [2.05, 4.69) is 34.1 Å². The largest absolute Gasteiger partial charge is 0.444 e. The Balaban J connectivity index is 1.46. The number of hydrogen-bond acceptors (Lipinski definition) is 5. The number of hydrogen-bond donors (Lipinski definition) is 1. The van der Waals surface area contributed by atoms with Gasteiger partial charge in [-0.25, -0.2) is 4.79 Å². The molecule has 1 aromatic carbocycles. The Labute approximate surface area is 162 Å². The molecule has 3 rings (SSSR count). The zero-order valence-electron chi connectivity index (χ0n) is 16.8. The lowest BCUT2D eigenvalue weighted by Gasteiger charge is -2.45. The maximum atomic E-state index is 12.2. The van der Waals surface area contributed by atoms with Crippen molar-refractivity contribution < 1.29 is 14.6 Å². The normalized spacial score (nSPS) is 25.4. The fraction of sp³-hybridized carbons (Fsp3) is 0.667. The Hall–Kier alpha value is -1.63. The van der Waals surface area contributed by atoms with Crippen molar-refractivity contribution in [2.45, 2.75) is 51.5 Å². The number of carbonyl (C=O) groups is 1. The third-order valence-electron chi connectivity index (χ3n) is 5.31. The summed E-state index contributed by atoms with van der Waals surface area (Å²) in [6.07, 6.45) is 0.372. The highest BCUT2D eigenvalue weighted by Crippen LogP contribution is 2.21. The number of likely N-dealkylation sites (tertiary alicyclic amines) is 1. The van der Waals surface area contributed by atoms with Crippen LogP contribution in [0.4, 0.5) is 4.79 Å². The maximum Gasteiger partial charge on any atom is 0.410 e. The van der Waals surface area contributed by atoms with Gasteiger partial charge in [0.1, 0.15) is 5.60 Å². The van der Waals surface area contributed by atoms with E-state index in [0.29, 0.717) is 19.6 Å². The summed E-state index contributed by atoms with van der Waals surface area (Å²) in [6, 6.07) is 10.6. The van der Waals surface area contributed by atoms with Gasteiger partial charge in [0.2, 0.25) is 0 Å². The summed E-state index contributed by atoms with van der Waals surface area (Å²) in [7, 11) is 0. The zero-order chi connectivity index (χ0) is 19.4. The minimum Gasteiger partial charge on any atom is -0.444 e. The molecule has 2 heterocycles. The molecule has 1 aromatic rings. The van der Waals surface area contributed by atoms with Gasteiger partial charge in [-0.05, 0) is 32.8 Å². The maximum absolute atomic E-state index is 12.2. The molecule has 2 saturated heterocycles. The van der Waals surface area contributed by atoms with Crippen molar-refractivity contribution in [3.63, 3.8) is 0 Å². The van der Waals surface area contributed by atoms with Crippen LogP contribution in [0.3, 0.4) is 0 Å². The van der Waals surface area contributed by atoms with Crippen LogP contribution in [0.5, 0.6) is 0 Å². The van der Waals surface area contributed by atoms with Gasteiger partial charge >= 0.3 is 6.09 Å². The Morgan fingerprint density at radius 2 is 1.78 bits per heavy atom. The number of aliphatic hydroxyl groups excluding tert-OH is 1. The summed E-state index contributed by atoms with van der Waals surface area (Å²) in [6.45, 7) is 11.1. The predicted molar refractivity (Wildman–Crippen MR) is 106 cm³/mol. The van der Waals surface area contributed by atoms with Crippen LogP contribution in [0.2, 0.25) is 0 Å². The van der Waals surface area contributed by atoms with Gasteiger partial charge in [0.05, 0.1) is 6.10 Å². The van der Waals surface area contributed by atoms with Gasteiger partial charge in [-0.15, -0.1) is 0 Å². The molecular formula is C21H33N3O3. The van der Waals surface area contributed by atoms with Crippen molar-refractivity contribution in [1.82, 2.24) is 14.7 Å². The minimum atomic E-state index is -0.462. The molecule has 6 nitrogen and oxygen atoms in total. The summed E-state index contributed by atoms with van der Waals surface area (Å²) in [5.41, 5.74) is 0.824. The Bertz CT molecular complexity index is 609. The summed E-state index contributed by atoms with van der Waals surface area (Å²) in [5.74, 6) is 0. The number of β-amino-alcohol motifs (C(OH)–C–C–N with tert-alkyl or cyclic N) is 1. The van der Waals surface area contributed by atoms with Crippen molar-refractivity contribution in [1.29, 1.82) is 0 Å². The first kappa shape index (κ1) is 20.1. The monoisotopic (exact) mass is 375 g/mol. The lowest BCUT2D eigenvalue weighted by atomic mass is 9.98. The second kappa shape index (κ2) is 8.59. The Kier molecular flexibility index (Phi) is 6.40. The van der Waals surface area contributed by atoms with E-state index in [9.17, 15) is 9.90 Å². The Morgan fingerprint density at radius 3 is 2.37 bits per heavy atom. The number of ether oxygens (including phenoxy) is 1. The lowest BCUT2D eigenvalue weighted by molar-refractivity contribution is -0.0354. The van der Waals surface area contributed by atoms with Gasteiger partial charge < -0.3 is 14.7 Å². The van der Waals surface area contributed by atoms with Crippen LogP contribution in [0.15, 0.2) is 30.3 Å². The second-order valence-electron chi connectivity index (χ2n) is 8.65. The highest BCUT2D eigenvalue weighted by atomic mass is 16.6. The standard InChI is InChI=1S/C21H33N3O3/c1-21(2,3)27-20(26)24-13-11-23(12-14-24)18-9-10-22(16-19(18)25)15-17-7-5-4-6-8-17/h4-8,18-19,25H,9-16H2,1-3H3/t18-,19-/m0/s1. The molecule has 0 radical (unpaired) electrons. The molecule has 2 aliphatic heterocycles. The van der Waals surface area contributed by atoms with Crippen LogP contribution in [0.1, 0.15) is 32.8 Å². The van der Waals surface area contributed by atoms with Crippen LogP contribution in [0, 0.1) is 0 Å². The van der Waals surface area contributed by atoms with Crippen LogP contribution >= 0.6 is 0 Å². The number of rotatable bonds is 3. The van der Waals surface area contributed by atoms with Crippen molar-refractivity contribution in [3.05, 3.63) is 35.9 Å².